The van der Waals surface area contributed by atoms with E-state index >= 15 is 0 Å². The molecule has 0 saturated carbocycles. The van der Waals surface area contributed by atoms with Crippen LogP contribution < -0.4 is 15.4 Å². The maximum atomic E-state index is 11.9. The normalized spacial score (nSPS) is 17.3. The largest absolute Gasteiger partial charge is 0.484 e. The van der Waals surface area contributed by atoms with E-state index in [-0.39, 0.29) is 24.5 Å². The van der Waals surface area contributed by atoms with Gasteiger partial charge in [0.05, 0.1) is 0 Å². The lowest BCUT2D eigenvalue weighted by molar-refractivity contribution is -0.124. The Morgan fingerprint density at radius 2 is 2.10 bits per heavy atom. The number of amides is 2. The van der Waals surface area contributed by atoms with E-state index in [0.29, 0.717) is 24.6 Å². The quantitative estimate of drug-likeness (QED) is 0.829. The zero-order chi connectivity index (χ0) is 15.1. The number of nitrogens with one attached hydrogen (secondary N) is 2. The van der Waals surface area contributed by atoms with Crippen LogP contribution >= 0.6 is 0 Å². The summed E-state index contributed by atoms with van der Waals surface area (Å²) in [5.41, 5.74) is 0.681. The summed E-state index contributed by atoms with van der Waals surface area (Å²) in [6.07, 6.45) is 1.34. The van der Waals surface area contributed by atoms with Crippen molar-refractivity contribution in [2.24, 2.45) is 0 Å². The first-order valence-electron chi connectivity index (χ1n) is 7.11. The van der Waals surface area contributed by atoms with Crippen LogP contribution in [0.5, 0.6) is 5.75 Å². The summed E-state index contributed by atoms with van der Waals surface area (Å²) in [6.45, 7) is 3.06. The van der Waals surface area contributed by atoms with Crippen LogP contribution in [0.1, 0.15) is 19.8 Å². The van der Waals surface area contributed by atoms with Crippen molar-refractivity contribution < 1.29 is 19.1 Å². The molecule has 2 amide bonds. The van der Waals surface area contributed by atoms with E-state index in [9.17, 15) is 9.59 Å². The molecule has 0 spiro atoms. The van der Waals surface area contributed by atoms with Crippen molar-refractivity contribution in [2.75, 3.05) is 25.1 Å². The molecule has 1 aromatic carbocycles. The Hall–Kier alpha value is -2.08. The van der Waals surface area contributed by atoms with Crippen molar-refractivity contribution >= 4 is 17.5 Å². The van der Waals surface area contributed by atoms with E-state index < -0.39 is 0 Å². The fourth-order valence-electron chi connectivity index (χ4n) is 2.04. The molecule has 6 heteroatoms. The number of carbonyl (C=O) groups is 2. The molecule has 0 bridgehead atoms. The Balaban J connectivity index is 1.81. The van der Waals surface area contributed by atoms with Gasteiger partial charge in [-0.15, -0.1) is 0 Å². The van der Waals surface area contributed by atoms with E-state index in [2.05, 4.69) is 10.6 Å². The first kappa shape index (κ1) is 15.3. The second-order valence-corrected chi connectivity index (χ2v) is 4.76. The molecule has 1 saturated heterocycles. The number of benzene rings is 1. The van der Waals surface area contributed by atoms with Crippen molar-refractivity contribution in [3.05, 3.63) is 24.3 Å². The lowest BCUT2D eigenvalue weighted by atomic mass is 10.2. The van der Waals surface area contributed by atoms with E-state index in [1.165, 1.54) is 0 Å². The summed E-state index contributed by atoms with van der Waals surface area (Å²) in [6, 6.07) is 6.90. The molecule has 1 aromatic rings. The maximum absolute atomic E-state index is 11.9. The molecule has 0 aromatic heterocycles. The summed E-state index contributed by atoms with van der Waals surface area (Å²) >= 11 is 0. The van der Waals surface area contributed by atoms with Crippen LogP contribution in [0.2, 0.25) is 0 Å². The van der Waals surface area contributed by atoms with Gasteiger partial charge in [-0.05, 0) is 44.0 Å². The van der Waals surface area contributed by atoms with Crippen molar-refractivity contribution in [1.29, 1.82) is 0 Å². The minimum Gasteiger partial charge on any atom is -0.484 e. The number of hydrogen-bond donors (Lipinski definition) is 2. The lowest BCUT2D eigenvalue weighted by Crippen LogP contribution is -2.28. The molecule has 1 fully saturated rings. The minimum atomic E-state index is -0.348. The van der Waals surface area contributed by atoms with Crippen LogP contribution in [0.3, 0.4) is 0 Å². The summed E-state index contributed by atoms with van der Waals surface area (Å²) in [5, 5.41) is 5.45. The molecule has 1 aliphatic heterocycles. The molecule has 0 unspecified atom stereocenters. The van der Waals surface area contributed by atoms with Gasteiger partial charge in [-0.25, -0.2) is 0 Å². The second-order valence-electron chi connectivity index (χ2n) is 4.76. The van der Waals surface area contributed by atoms with Gasteiger partial charge in [0.25, 0.3) is 11.8 Å². The molecule has 0 radical (unpaired) electrons. The summed E-state index contributed by atoms with van der Waals surface area (Å²) < 4.78 is 10.6. The van der Waals surface area contributed by atoms with Crippen LogP contribution in [0, 0.1) is 0 Å². The van der Waals surface area contributed by atoms with E-state index in [0.717, 1.165) is 12.8 Å². The number of ether oxygens (including phenoxy) is 2. The Morgan fingerprint density at radius 3 is 2.71 bits per heavy atom. The fraction of sp³-hybridized carbons (Fsp3) is 0.467. The summed E-state index contributed by atoms with van der Waals surface area (Å²) in [4.78, 5) is 23.1. The molecule has 1 aliphatic rings. The molecule has 0 aliphatic carbocycles. The molecule has 114 valence electrons. The van der Waals surface area contributed by atoms with Crippen molar-refractivity contribution in [1.82, 2.24) is 5.32 Å². The van der Waals surface area contributed by atoms with Crippen molar-refractivity contribution in [2.45, 2.75) is 25.9 Å². The minimum absolute atomic E-state index is 0.0184. The third-order valence-electron chi connectivity index (χ3n) is 3.09. The number of likely N-dealkylation sites (N-methyl/N-ethyl adjacent to an activating group) is 1. The Kier molecular flexibility index (Phi) is 5.57. The van der Waals surface area contributed by atoms with Gasteiger partial charge in [0.1, 0.15) is 11.9 Å². The standard InChI is InChI=1S/C15H20N2O4/c1-2-16-14(18)10-21-12-7-5-11(6-8-12)17-15(19)13-4-3-9-20-13/h5-8,13H,2-4,9-10H2,1H3,(H,16,18)(H,17,19)/t13-/m1/s1. The molecule has 21 heavy (non-hydrogen) atoms. The summed E-state index contributed by atoms with van der Waals surface area (Å²) in [7, 11) is 0. The van der Waals surface area contributed by atoms with Crippen LogP contribution in [0.15, 0.2) is 24.3 Å². The topological polar surface area (TPSA) is 76.7 Å². The zero-order valence-corrected chi connectivity index (χ0v) is 12.1. The van der Waals surface area contributed by atoms with Gasteiger partial charge in [0, 0.05) is 18.8 Å². The SMILES string of the molecule is CCNC(=O)COc1ccc(NC(=O)[C@H]2CCCO2)cc1. The van der Waals surface area contributed by atoms with Crippen LogP contribution in [-0.2, 0) is 14.3 Å². The van der Waals surface area contributed by atoms with Gasteiger partial charge in [-0.1, -0.05) is 0 Å². The van der Waals surface area contributed by atoms with Crippen LogP contribution in [0.25, 0.3) is 0 Å². The number of anilines is 1. The average molecular weight is 292 g/mol. The lowest BCUT2D eigenvalue weighted by Gasteiger charge is -2.11. The second kappa shape index (κ2) is 7.64. The Labute approximate surface area is 123 Å². The number of carbonyl (C=O) groups excluding carboxylic acids is 2. The third-order valence-corrected chi connectivity index (χ3v) is 3.09. The van der Waals surface area contributed by atoms with Crippen LogP contribution in [0.4, 0.5) is 5.69 Å². The van der Waals surface area contributed by atoms with E-state index in [4.69, 9.17) is 9.47 Å². The van der Waals surface area contributed by atoms with Gasteiger partial charge in [0.2, 0.25) is 0 Å². The molecule has 1 heterocycles. The van der Waals surface area contributed by atoms with Crippen molar-refractivity contribution in [3.63, 3.8) is 0 Å². The van der Waals surface area contributed by atoms with Gasteiger partial charge < -0.3 is 20.1 Å². The molecular weight excluding hydrogens is 272 g/mol. The van der Waals surface area contributed by atoms with Crippen LogP contribution in [-0.4, -0.2) is 37.7 Å². The zero-order valence-electron chi connectivity index (χ0n) is 12.1. The highest BCUT2D eigenvalue weighted by atomic mass is 16.5. The maximum Gasteiger partial charge on any atom is 0.257 e. The predicted octanol–water partition coefficient (Wildman–Crippen LogP) is 1.32. The first-order chi connectivity index (χ1) is 10.2. The first-order valence-corrected chi connectivity index (χ1v) is 7.11. The van der Waals surface area contributed by atoms with E-state index in [1.54, 1.807) is 24.3 Å². The predicted molar refractivity (Wildman–Crippen MR) is 78.2 cm³/mol. The van der Waals surface area contributed by atoms with Crippen molar-refractivity contribution in [3.8, 4) is 5.75 Å². The summed E-state index contributed by atoms with van der Waals surface area (Å²) in [5.74, 6) is 0.299. The molecule has 2 rings (SSSR count). The Morgan fingerprint density at radius 1 is 1.33 bits per heavy atom. The van der Waals surface area contributed by atoms with Gasteiger partial charge in [-0.2, -0.15) is 0 Å². The Bertz CT molecular complexity index is 481. The number of rotatable bonds is 6. The fourth-order valence-corrected chi connectivity index (χ4v) is 2.04. The molecular formula is C15H20N2O4. The van der Waals surface area contributed by atoms with E-state index in [1.807, 2.05) is 6.92 Å². The van der Waals surface area contributed by atoms with Gasteiger partial charge in [0.15, 0.2) is 6.61 Å². The average Bonchev–Trinajstić information content (AvgIpc) is 3.01. The van der Waals surface area contributed by atoms with Gasteiger partial charge in [-0.3, -0.25) is 9.59 Å². The third kappa shape index (κ3) is 4.75. The highest BCUT2D eigenvalue weighted by Crippen LogP contribution is 2.18. The molecule has 1 atom stereocenters. The highest BCUT2D eigenvalue weighted by Gasteiger charge is 2.23. The highest BCUT2D eigenvalue weighted by molar-refractivity contribution is 5.94. The molecule has 6 nitrogen and oxygen atoms in total. The smallest absolute Gasteiger partial charge is 0.257 e. The molecule has 2 N–H and O–H groups in total. The number of hydrogen-bond acceptors (Lipinski definition) is 4. The van der Waals surface area contributed by atoms with Gasteiger partial charge >= 0.3 is 0 Å². The monoisotopic (exact) mass is 292 g/mol.